The van der Waals surface area contributed by atoms with E-state index < -0.39 is 0 Å². The summed E-state index contributed by atoms with van der Waals surface area (Å²) in [5.74, 6) is 1.52. The molecule has 0 radical (unpaired) electrons. The molecule has 1 aromatic carbocycles. The van der Waals surface area contributed by atoms with Crippen LogP contribution in [0.3, 0.4) is 0 Å². The molecule has 112 valence electrons. The van der Waals surface area contributed by atoms with Crippen molar-refractivity contribution in [3.05, 3.63) is 33.8 Å². The average molecular weight is 314 g/mol. The molecule has 1 saturated carbocycles. The lowest BCUT2D eigenvalue weighted by molar-refractivity contribution is 0.313. The minimum atomic E-state index is 0.541. The van der Waals surface area contributed by atoms with Gasteiger partial charge in [-0.05, 0) is 42.5 Å². The minimum absolute atomic E-state index is 0.541. The van der Waals surface area contributed by atoms with Crippen LogP contribution in [-0.4, -0.2) is 12.6 Å². The first-order chi connectivity index (χ1) is 9.56. The first-order valence-corrected chi connectivity index (χ1v) is 8.49. The summed E-state index contributed by atoms with van der Waals surface area (Å²) in [6, 6.07) is 6.44. The Morgan fingerprint density at radius 2 is 1.90 bits per heavy atom. The second kappa shape index (κ2) is 7.68. The van der Waals surface area contributed by atoms with Crippen LogP contribution in [0.2, 0.25) is 10.0 Å². The lowest BCUT2D eigenvalue weighted by Gasteiger charge is -2.25. The summed E-state index contributed by atoms with van der Waals surface area (Å²) in [6.07, 6.45) is 6.57. The van der Waals surface area contributed by atoms with Gasteiger partial charge in [-0.25, -0.2) is 0 Å². The highest BCUT2D eigenvalue weighted by Gasteiger charge is 2.25. The molecule has 2 rings (SSSR count). The van der Waals surface area contributed by atoms with Crippen LogP contribution in [0.1, 0.15) is 45.1 Å². The molecular weight excluding hydrogens is 289 g/mol. The summed E-state index contributed by atoms with van der Waals surface area (Å²) in [5, 5.41) is 5.13. The third-order valence-electron chi connectivity index (χ3n) is 4.35. The van der Waals surface area contributed by atoms with Crippen molar-refractivity contribution in [1.82, 2.24) is 5.32 Å². The lowest BCUT2D eigenvalue weighted by Crippen LogP contribution is -2.33. The first-order valence-electron chi connectivity index (χ1n) is 7.73. The Morgan fingerprint density at radius 3 is 2.50 bits per heavy atom. The van der Waals surface area contributed by atoms with E-state index in [1.54, 1.807) is 0 Å². The monoisotopic (exact) mass is 313 g/mol. The van der Waals surface area contributed by atoms with Crippen LogP contribution < -0.4 is 5.32 Å². The van der Waals surface area contributed by atoms with E-state index in [-0.39, 0.29) is 0 Å². The number of nitrogens with one attached hydrogen (secondary N) is 1. The zero-order chi connectivity index (χ0) is 14.5. The normalized spacial score (nSPS) is 17.9. The Bertz CT molecular complexity index is 425. The smallest absolute Gasteiger partial charge is 0.0452 e. The SMILES string of the molecule is CC(C)NCC(Cc1ccc(Cl)cc1Cl)C1CCCC1. The van der Waals surface area contributed by atoms with Gasteiger partial charge in [0.15, 0.2) is 0 Å². The van der Waals surface area contributed by atoms with E-state index in [1.807, 2.05) is 12.1 Å². The Hall–Kier alpha value is -0.240. The van der Waals surface area contributed by atoms with Crippen LogP contribution in [0.25, 0.3) is 0 Å². The maximum Gasteiger partial charge on any atom is 0.0452 e. The van der Waals surface area contributed by atoms with Crippen LogP contribution >= 0.6 is 23.2 Å². The highest BCUT2D eigenvalue weighted by atomic mass is 35.5. The predicted octanol–water partition coefficient (Wildman–Crippen LogP) is 5.34. The van der Waals surface area contributed by atoms with Crippen molar-refractivity contribution in [2.24, 2.45) is 11.8 Å². The van der Waals surface area contributed by atoms with E-state index in [0.29, 0.717) is 12.0 Å². The fraction of sp³-hybridized carbons (Fsp3) is 0.647. The molecule has 1 aromatic rings. The van der Waals surface area contributed by atoms with Crippen molar-refractivity contribution in [3.63, 3.8) is 0 Å². The van der Waals surface area contributed by atoms with Gasteiger partial charge in [-0.15, -0.1) is 0 Å². The zero-order valence-corrected chi connectivity index (χ0v) is 14.0. The molecule has 1 atom stereocenters. The number of hydrogen-bond donors (Lipinski definition) is 1. The third-order valence-corrected chi connectivity index (χ3v) is 4.94. The third kappa shape index (κ3) is 4.65. The van der Waals surface area contributed by atoms with Gasteiger partial charge in [-0.2, -0.15) is 0 Å². The fourth-order valence-electron chi connectivity index (χ4n) is 3.19. The van der Waals surface area contributed by atoms with Crippen molar-refractivity contribution >= 4 is 23.2 Å². The number of rotatable bonds is 6. The van der Waals surface area contributed by atoms with Crippen LogP contribution in [0.4, 0.5) is 0 Å². The second-order valence-electron chi connectivity index (χ2n) is 6.31. The summed E-state index contributed by atoms with van der Waals surface area (Å²) in [5.41, 5.74) is 1.23. The topological polar surface area (TPSA) is 12.0 Å². The highest BCUT2D eigenvalue weighted by Crippen LogP contribution is 2.34. The van der Waals surface area contributed by atoms with Gasteiger partial charge in [0.05, 0.1) is 0 Å². The largest absolute Gasteiger partial charge is 0.314 e. The summed E-state index contributed by atoms with van der Waals surface area (Å²) in [4.78, 5) is 0. The highest BCUT2D eigenvalue weighted by molar-refractivity contribution is 6.35. The Morgan fingerprint density at radius 1 is 1.20 bits per heavy atom. The molecule has 3 heteroatoms. The number of hydrogen-bond acceptors (Lipinski definition) is 1. The van der Waals surface area contributed by atoms with Crippen molar-refractivity contribution in [2.75, 3.05) is 6.54 Å². The van der Waals surface area contributed by atoms with E-state index in [4.69, 9.17) is 23.2 Å². The van der Waals surface area contributed by atoms with Crippen LogP contribution in [0.5, 0.6) is 0 Å². The molecule has 0 amide bonds. The van der Waals surface area contributed by atoms with Gasteiger partial charge in [-0.1, -0.05) is 68.8 Å². The van der Waals surface area contributed by atoms with Gasteiger partial charge in [-0.3, -0.25) is 0 Å². The van der Waals surface area contributed by atoms with Gasteiger partial charge in [0.2, 0.25) is 0 Å². The van der Waals surface area contributed by atoms with Crippen LogP contribution in [0.15, 0.2) is 18.2 Å². The Kier molecular flexibility index (Phi) is 6.20. The molecule has 0 aliphatic heterocycles. The van der Waals surface area contributed by atoms with Gasteiger partial charge < -0.3 is 5.32 Å². The average Bonchev–Trinajstić information content (AvgIpc) is 2.90. The fourth-order valence-corrected chi connectivity index (χ4v) is 3.68. The first kappa shape index (κ1) is 16.1. The quantitative estimate of drug-likeness (QED) is 0.747. The van der Waals surface area contributed by atoms with E-state index in [9.17, 15) is 0 Å². The standard InChI is InChI=1S/C17H25Cl2N/c1-12(2)20-11-15(13-5-3-4-6-13)9-14-7-8-16(18)10-17(14)19/h7-8,10,12-13,15,20H,3-6,9,11H2,1-2H3. The van der Waals surface area contributed by atoms with Gasteiger partial charge >= 0.3 is 0 Å². The van der Waals surface area contributed by atoms with Crippen molar-refractivity contribution in [2.45, 2.75) is 52.0 Å². The van der Waals surface area contributed by atoms with Crippen molar-refractivity contribution in [1.29, 1.82) is 0 Å². The summed E-state index contributed by atoms with van der Waals surface area (Å²) >= 11 is 12.3. The molecule has 1 aliphatic rings. The van der Waals surface area contributed by atoms with Gasteiger partial charge in [0.1, 0.15) is 0 Å². The molecule has 0 aromatic heterocycles. The van der Waals surface area contributed by atoms with Crippen molar-refractivity contribution in [3.8, 4) is 0 Å². The molecule has 1 aliphatic carbocycles. The van der Waals surface area contributed by atoms with E-state index in [0.717, 1.165) is 28.9 Å². The van der Waals surface area contributed by atoms with Crippen LogP contribution in [0, 0.1) is 11.8 Å². The van der Waals surface area contributed by atoms with E-state index >= 15 is 0 Å². The molecule has 1 nitrogen and oxygen atoms in total. The number of benzene rings is 1. The maximum atomic E-state index is 6.34. The zero-order valence-electron chi connectivity index (χ0n) is 12.5. The molecule has 0 saturated heterocycles. The molecule has 1 fully saturated rings. The molecule has 1 unspecified atom stereocenters. The summed E-state index contributed by atoms with van der Waals surface area (Å²) in [7, 11) is 0. The molecule has 0 bridgehead atoms. The molecule has 0 heterocycles. The molecule has 0 spiro atoms. The second-order valence-corrected chi connectivity index (χ2v) is 7.15. The predicted molar refractivity (Wildman–Crippen MR) is 88.8 cm³/mol. The number of halogens is 2. The van der Waals surface area contributed by atoms with E-state index in [1.165, 1.54) is 31.2 Å². The minimum Gasteiger partial charge on any atom is -0.314 e. The summed E-state index contributed by atoms with van der Waals surface area (Å²) < 4.78 is 0. The van der Waals surface area contributed by atoms with Crippen molar-refractivity contribution < 1.29 is 0 Å². The van der Waals surface area contributed by atoms with E-state index in [2.05, 4.69) is 25.2 Å². The van der Waals surface area contributed by atoms with Gasteiger partial charge in [0.25, 0.3) is 0 Å². The lowest BCUT2D eigenvalue weighted by atomic mass is 9.85. The Labute approximate surface area is 133 Å². The summed E-state index contributed by atoms with van der Waals surface area (Å²) in [6.45, 7) is 5.50. The molecular formula is C17H25Cl2N. The molecule has 1 N–H and O–H groups in total. The Balaban J connectivity index is 2.05. The maximum absolute atomic E-state index is 6.34. The van der Waals surface area contributed by atoms with Crippen LogP contribution in [-0.2, 0) is 6.42 Å². The van der Waals surface area contributed by atoms with Gasteiger partial charge in [0, 0.05) is 16.1 Å². The molecule has 20 heavy (non-hydrogen) atoms.